The summed E-state index contributed by atoms with van der Waals surface area (Å²) in [5, 5.41) is 12.0. The first kappa shape index (κ1) is 17.3. The van der Waals surface area contributed by atoms with E-state index in [1.54, 1.807) is 12.1 Å². The number of rotatable bonds is 10. The van der Waals surface area contributed by atoms with Crippen LogP contribution in [0, 0.1) is 0 Å². The fraction of sp³-hybridized carbons (Fsp3) is 0.500. The summed E-state index contributed by atoms with van der Waals surface area (Å²) in [5.41, 5.74) is 0.619. The summed E-state index contributed by atoms with van der Waals surface area (Å²) in [7, 11) is 3.99. The van der Waals surface area contributed by atoms with Crippen LogP contribution in [0.2, 0.25) is 0 Å². The highest BCUT2D eigenvalue weighted by Gasteiger charge is 2.20. The first-order chi connectivity index (χ1) is 10.0. The van der Waals surface area contributed by atoms with Crippen LogP contribution in [0.1, 0.15) is 29.6 Å². The molecule has 1 aromatic rings. The van der Waals surface area contributed by atoms with Gasteiger partial charge in [0, 0.05) is 12.0 Å². The third-order valence-electron chi connectivity index (χ3n) is 3.19. The van der Waals surface area contributed by atoms with Crippen LogP contribution in [-0.4, -0.2) is 55.0 Å². The number of carboxylic acid groups (broad SMARTS) is 1. The predicted molar refractivity (Wildman–Crippen MR) is 82.6 cm³/mol. The van der Waals surface area contributed by atoms with Crippen molar-refractivity contribution < 1.29 is 14.7 Å². The second-order valence-electron chi connectivity index (χ2n) is 5.33. The molecule has 0 fully saturated rings. The monoisotopic (exact) mass is 292 g/mol. The van der Waals surface area contributed by atoms with E-state index in [9.17, 15) is 9.59 Å². The molecular formula is C16H24N2O3. The molecule has 0 bridgehead atoms. The topological polar surface area (TPSA) is 69.6 Å². The quantitative estimate of drug-likeness (QED) is 0.507. The Balaban J connectivity index is 2.59. The first-order valence-electron chi connectivity index (χ1n) is 7.20. The van der Waals surface area contributed by atoms with Gasteiger partial charge in [0.15, 0.2) is 5.78 Å². The average molecular weight is 292 g/mol. The number of carbonyl (C=O) groups is 2. The highest BCUT2D eigenvalue weighted by Crippen LogP contribution is 2.08. The van der Waals surface area contributed by atoms with Crippen LogP contribution in [0.25, 0.3) is 0 Å². The number of hydrogen-bond acceptors (Lipinski definition) is 4. The highest BCUT2D eigenvalue weighted by molar-refractivity contribution is 6.00. The van der Waals surface area contributed by atoms with Crippen LogP contribution in [0.4, 0.5) is 0 Å². The Kier molecular flexibility index (Phi) is 7.64. The van der Waals surface area contributed by atoms with E-state index in [4.69, 9.17) is 5.11 Å². The predicted octanol–water partition coefficient (Wildman–Crippen LogP) is 1.64. The van der Waals surface area contributed by atoms with Gasteiger partial charge in [-0.1, -0.05) is 30.3 Å². The zero-order valence-electron chi connectivity index (χ0n) is 12.7. The minimum Gasteiger partial charge on any atom is -0.481 e. The van der Waals surface area contributed by atoms with Gasteiger partial charge in [-0.15, -0.1) is 0 Å². The van der Waals surface area contributed by atoms with Crippen molar-refractivity contribution in [3.05, 3.63) is 35.9 Å². The Morgan fingerprint density at radius 3 is 2.48 bits per heavy atom. The number of nitrogens with zero attached hydrogens (tertiary/aromatic N) is 1. The zero-order chi connectivity index (χ0) is 15.7. The summed E-state index contributed by atoms with van der Waals surface area (Å²) in [6.45, 7) is 1.62. The van der Waals surface area contributed by atoms with Crippen LogP contribution in [0.15, 0.2) is 30.3 Å². The van der Waals surface area contributed by atoms with Crippen molar-refractivity contribution >= 4 is 11.8 Å². The van der Waals surface area contributed by atoms with Crippen molar-refractivity contribution in [2.75, 3.05) is 27.2 Å². The van der Waals surface area contributed by atoms with Crippen molar-refractivity contribution in [2.24, 2.45) is 0 Å². The molecule has 1 aromatic carbocycles. The molecule has 116 valence electrons. The number of benzene rings is 1. The van der Waals surface area contributed by atoms with Gasteiger partial charge in [0.25, 0.3) is 0 Å². The molecule has 5 nitrogen and oxygen atoms in total. The molecule has 0 aliphatic rings. The van der Waals surface area contributed by atoms with Gasteiger partial charge in [-0.2, -0.15) is 0 Å². The van der Waals surface area contributed by atoms with E-state index in [0.717, 1.165) is 13.0 Å². The van der Waals surface area contributed by atoms with Gasteiger partial charge < -0.3 is 15.3 Å². The SMILES string of the molecule is CN(C)CCCNC(CCC(=O)O)C(=O)c1ccccc1. The van der Waals surface area contributed by atoms with Crippen LogP contribution < -0.4 is 5.32 Å². The molecule has 0 heterocycles. The number of ketones is 1. The summed E-state index contributed by atoms with van der Waals surface area (Å²) in [6.07, 6.45) is 1.22. The number of hydrogen-bond donors (Lipinski definition) is 2. The minimum atomic E-state index is -0.879. The van der Waals surface area contributed by atoms with Crippen LogP contribution in [-0.2, 0) is 4.79 Å². The molecule has 0 saturated carbocycles. The van der Waals surface area contributed by atoms with Crippen molar-refractivity contribution in [3.63, 3.8) is 0 Å². The summed E-state index contributed by atoms with van der Waals surface area (Å²) in [5.74, 6) is -0.919. The highest BCUT2D eigenvalue weighted by atomic mass is 16.4. The van der Waals surface area contributed by atoms with Crippen LogP contribution in [0.5, 0.6) is 0 Å². The normalized spacial score (nSPS) is 12.3. The number of aliphatic carboxylic acids is 1. The van der Waals surface area contributed by atoms with Gasteiger partial charge in [-0.05, 0) is 40.0 Å². The van der Waals surface area contributed by atoms with E-state index in [1.807, 2.05) is 32.3 Å². The van der Waals surface area contributed by atoms with Crippen molar-refractivity contribution in [2.45, 2.75) is 25.3 Å². The number of Topliss-reactive ketones (excluding diaryl/α,β-unsaturated/α-hetero) is 1. The van der Waals surface area contributed by atoms with Crippen molar-refractivity contribution in [3.8, 4) is 0 Å². The molecule has 0 amide bonds. The lowest BCUT2D eigenvalue weighted by atomic mass is 10.00. The molecule has 21 heavy (non-hydrogen) atoms. The second kappa shape index (κ2) is 9.26. The van der Waals surface area contributed by atoms with E-state index in [1.165, 1.54) is 0 Å². The molecular weight excluding hydrogens is 268 g/mol. The standard InChI is InChI=1S/C16H24N2O3/c1-18(2)12-6-11-17-14(9-10-15(19)20)16(21)13-7-4-3-5-8-13/h3-5,7-8,14,17H,6,9-12H2,1-2H3,(H,19,20). The molecule has 1 unspecified atom stereocenters. The summed E-state index contributed by atoms with van der Waals surface area (Å²) in [6, 6.07) is 8.56. The van der Waals surface area contributed by atoms with E-state index < -0.39 is 12.0 Å². The van der Waals surface area contributed by atoms with E-state index in [-0.39, 0.29) is 12.2 Å². The smallest absolute Gasteiger partial charge is 0.303 e. The molecule has 1 rings (SSSR count). The molecule has 1 atom stereocenters. The van der Waals surface area contributed by atoms with Gasteiger partial charge >= 0.3 is 5.97 Å². The van der Waals surface area contributed by atoms with Crippen molar-refractivity contribution in [1.29, 1.82) is 0 Å². The largest absolute Gasteiger partial charge is 0.481 e. The molecule has 2 N–H and O–H groups in total. The van der Waals surface area contributed by atoms with E-state index >= 15 is 0 Å². The molecule has 0 aliphatic carbocycles. The summed E-state index contributed by atoms with van der Waals surface area (Å²) >= 11 is 0. The van der Waals surface area contributed by atoms with Crippen molar-refractivity contribution in [1.82, 2.24) is 10.2 Å². The van der Waals surface area contributed by atoms with Crippen LogP contribution in [0.3, 0.4) is 0 Å². The summed E-state index contributed by atoms with van der Waals surface area (Å²) < 4.78 is 0. The van der Waals surface area contributed by atoms with Gasteiger partial charge in [0.2, 0.25) is 0 Å². The van der Waals surface area contributed by atoms with E-state index in [2.05, 4.69) is 10.2 Å². The Hall–Kier alpha value is -1.72. The van der Waals surface area contributed by atoms with Gasteiger partial charge in [0.05, 0.1) is 6.04 Å². The maximum Gasteiger partial charge on any atom is 0.303 e. The summed E-state index contributed by atoms with van der Waals surface area (Å²) in [4.78, 5) is 25.2. The minimum absolute atomic E-state index is 0.01000. The zero-order valence-corrected chi connectivity index (χ0v) is 12.7. The molecule has 5 heteroatoms. The fourth-order valence-corrected chi connectivity index (χ4v) is 2.07. The average Bonchev–Trinajstić information content (AvgIpc) is 2.46. The van der Waals surface area contributed by atoms with Gasteiger partial charge in [-0.25, -0.2) is 0 Å². The fourth-order valence-electron chi connectivity index (χ4n) is 2.07. The lowest BCUT2D eigenvalue weighted by molar-refractivity contribution is -0.137. The Labute approximate surface area is 126 Å². The Bertz CT molecular complexity index is 446. The lowest BCUT2D eigenvalue weighted by Gasteiger charge is -2.18. The van der Waals surface area contributed by atoms with Crippen LogP contribution >= 0.6 is 0 Å². The third kappa shape index (κ3) is 7.02. The molecule has 0 saturated heterocycles. The molecule has 0 spiro atoms. The van der Waals surface area contributed by atoms with Gasteiger partial charge in [0.1, 0.15) is 0 Å². The molecule has 0 aromatic heterocycles. The van der Waals surface area contributed by atoms with Gasteiger partial charge in [-0.3, -0.25) is 9.59 Å². The maximum absolute atomic E-state index is 12.4. The number of nitrogens with one attached hydrogen (secondary N) is 1. The maximum atomic E-state index is 12.4. The molecule has 0 aliphatic heterocycles. The number of carbonyl (C=O) groups excluding carboxylic acids is 1. The number of carboxylic acids is 1. The lowest BCUT2D eigenvalue weighted by Crippen LogP contribution is -2.38. The van der Waals surface area contributed by atoms with E-state index in [0.29, 0.717) is 18.5 Å². The first-order valence-corrected chi connectivity index (χ1v) is 7.20. The Morgan fingerprint density at radius 1 is 1.24 bits per heavy atom. The molecule has 0 radical (unpaired) electrons. The second-order valence-corrected chi connectivity index (χ2v) is 5.33. The Morgan fingerprint density at radius 2 is 1.90 bits per heavy atom. The third-order valence-corrected chi connectivity index (χ3v) is 3.19.